The minimum Gasteiger partial charge on any atom is -0.493 e. The number of ether oxygens (including phenoxy) is 2. The van der Waals surface area contributed by atoms with Gasteiger partial charge in [0.15, 0.2) is 0 Å². The van der Waals surface area contributed by atoms with Gasteiger partial charge in [0.1, 0.15) is 11.5 Å². The van der Waals surface area contributed by atoms with E-state index in [9.17, 15) is 0 Å². The average Bonchev–Trinajstić information content (AvgIpc) is 2.53. The number of benzene rings is 2. The van der Waals surface area contributed by atoms with Gasteiger partial charge in [0, 0.05) is 11.5 Å². The van der Waals surface area contributed by atoms with Crippen molar-refractivity contribution in [3.05, 3.63) is 53.6 Å². The summed E-state index contributed by atoms with van der Waals surface area (Å²) in [5, 5.41) is 8.84. The molecule has 0 spiro atoms. The monoisotopic (exact) mass is 280 g/mol. The van der Waals surface area contributed by atoms with Crippen molar-refractivity contribution in [3.8, 4) is 17.6 Å². The van der Waals surface area contributed by atoms with Crippen LogP contribution in [0.3, 0.4) is 0 Å². The molecule has 1 aliphatic heterocycles. The van der Waals surface area contributed by atoms with Crippen molar-refractivity contribution in [2.24, 2.45) is 0 Å². The van der Waals surface area contributed by atoms with Crippen LogP contribution in [0, 0.1) is 11.3 Å². The molecule has 2 aromatic rings. The van der Waals surface area contributed by atoms with Crippen LogP contribution in [-0.4, -0.2) is 13.2 Å². The highest BCUT2D eigenvalue weighted by molar-refractivity contribution is 5.56. The van der Waals surface area contributed by atoms with Gasteiger partial charge >= 0.3 is 0 Å². The van der Waals surface area contributed by atoms with Gasteiger partial charge in [-0.25, -0.2) is 0 Å². The van der Waals surface area contributed by atoms with Crippen molar-refractivity contribution in [1.29, 1.82) is 5.26 Å². The number of nitrogens with zero attached hydrogens (tertiary/aromatic N) is 1. The first-order valence-electron chi connectivity index (χ1n) is 6.92. The first-order chi connectivity index (χ1) is 10.3. The molecule has 0 aliphatic carbocycles. The van der Waals surface area contributed by atoms with E-state index in [-0.39, 0.29) is 0 Å². The van der Waals surface area contributed by atoms with Crippen molar-refractivity contribution in [2.45, 2.75) is 12.3 Å². The van der Waals surface area contributed by atoms with E-state index in [4.69, 9.17) is 20.5 Å². The van der Waals surface area contributed by atoms with Crippen LogP contribution in [0.1, 0.15) is 23.5 Å². The van der Waals surface area contributed by atoms with Crippen LogP contribution in [0.15, 0.2) is 42.5 Å². The number of fused-ring (bicyclic) bond motifs is 1. The molecular formula is C17H16N2O2. The van der Waals surface area contributed by atoms with Gasteiger partial charge in [-0.05, 0) is 30.7 Å². The van der Waals surface area contributed by atoms with Gasteiger partial charge in [0.05, 0.1) is 30.5 Å². The summed E-state index contributed by atoms with van der Waals surface area (Å²) in [6.07, 6.45) is 0.924. The quantitative estimate of drug-likeness (QED) is 0.877. The van der Waals surface area contributed by atoms with Crippen molar-refractivity contribution >= 4 is 5.69 Å². The SMILES string of the molecule is N#Cc1ccc(OCC2CCOc3ccccc32)c(N)c1. The highest BCUT2D eigenvalue weighted by Gasteiger charge is 2.21. The number of nitrogen functional groups attached to an aromatic ring is 1. The van der Waals surface area contributed by atoms with E-state index in [0.29, 0.717) is 36.1 Å². The van der Waals surface area contributed by atoms with Gasteiger partial charge < -0.3 is 15.2 Å². The zero-order valence-corrected chi connectivity index (χ0v) is 11.6. The summed E-state index contributed by atoms with van der Waals surface area (Å²) in [4.78, 5) is 0. The number of para-hydroxylation sites is 1. The Kier molecular flexibility index (Phi) is 3.65. The molecule has 2 aromatic carbocycles. The molecule has 1 atom stereocenters. The maximum absolute atomic E-state index is 8.84. The van der Waals surface area contributed by atoms with Crippen LogP contribution < -0.4 is 15.2 Å². The van der Waals surface area contributed by atoms with Gasteiger partial charge in [-0.2, -0.15) is 5.26 Å². The smallest absolute Gasteiger partial charge is 0.142 e. The maximum atomic E-state index is 8.84. The molecule has 0 radical (unpaired) electrons. The Labute approximate surface area is 123 Å². The molecule has 1 aliphatic rings. The molecule has 4 nitrogen and oxygen atoms in total. The molecular weight excluding hydrogens is 264 g/mol. The first-order valence-corrected chi connectivity index (χ1v) is 6.92. The Balaban J connectivity index is 1.73. The lowest BCUT2D eigenvalue weighted by molar-refractivity contribution is 0.218. The second kappa shape index (κ2) is 5.76. The third kappa shape index (κ3) is 2.77. The maximum Gasteiger partial charge on any atom is 0.142 e. The standard InChI is InChI=1S/C17H16N2O2/c18-10-12-5-6-17(15(19)9-12)21-11-13-7-8-20-16-4-2-1-3-14(13)16/h1-6,9,13H,7-8,11,19H2. The van der Waals surface area contributed by atoms with Crippen LogP contribution >= 0.6 is 0 Å². The molecule has 4 heteroatoms. The topological polar surface area (TPSA) is 68.3 Å². The van der Waals surface area contributed by atoms with E-state index < -0.39 is 0 Å². The number of hydrogen-bond donors (Lipinski definition) is 1. The predicted molar refractivity (Wildman–Crippen MR) is 80.4 cm³/mol. The minimum absolute atomic E-state index is 0.296. The Morgan fingerprint density at radius 1 is 1.29 bits per heavy atom. The predicted octanol–water partition coefficient (Wildman–Crippen LogP) is 3.09. The lowest BCUT2D eigenvalue weighted by Crippen LogP contribution is -2.19. The molecule has 0 bridgehead atoms. The summed E-state index contributed by atoms with van der Waals surface area (Å²) in [6, 6.07) is 15.2. The Morgan fingerprint density at radius 2 is 2.14 bits per heavy atom. The molecule has 106 valence electrons. The number of nitriles is 1. The van der Waals surface area contributed by atoms with E-state index in [2.05, 4.69) is 12.1 Å². The van der Waals surface area contributed by atoms with Crippen LogP contribution in [0.2, 0.25) is 0 Å². The molecule has 0 saturated carbocycles. The van der Waals surface area contributed by atoms with Crippen LogP contribution in [0.5, 0.6) is 11.5 Å². The van der Waals surface area contributed by atoms with Crippen molar-refractivity contribution < 1.29 is 9.47 Å². The lowest BCUT2D eigenvalue weighted by atomic mass is 9.94. The van der Waals surface area contributed by atoms with E-state index in [1.54, 1.807) is 18.2 Å². The Hall–Kier alpha value is -2.67. The number of nitrogens with two attached hydrogens (primary N) is 1. The number of rotatable bonds is 3. The molecule has 1 heterocycles. The second-order valence-corrected chi connectivity index (χ2v) is 5.05. The largest absolute Gasteiger partial charge is 0.493 e. The van der Waals surface area contributed by atoms with Crippen LogP contribution in [0.25, 0.3) is 0 Å². The molecule has 1 unspecified atom stereocenters. The third-order valence-corrected chi connectivity index (χ3v) is 3.66. The van der Waals surface area contributed by atoms with Crippen molar-refractivity contribution in [1.82, 2.24) is 0 Å². The molecule has 0 amide bonds. The summed E-state index contributed by atoms with van der Waals surface area (Å²) in [5.41, 5.74) is 8.12. The normalized spacial score (nSPS) is 16.4. The lowest BCUT2D eigenvalue weighted by Gasteiger charge is -2.26. The molecule has 0 aromatic heterocycles. The zero-order chi connectivity index (χ0) is 14.7. The van der Waals surface area contributed by atoms with Gasteiger partial charge in [-0.3, -0.25) is 0 Å². The fraction of sp³-hybridized carbons (Fsp3) is 0.235. The van der Waals surface area contributed by atoms with Crippen LogP contribution in [0.4, 0.5) is 5.69 Å². The Morgan fingerprint density at radius 3 is 2.95 bits per heavy atom. The van der Waals surface area contributed by atoms with Gasteiger partial charge in [0.25, 0.3) is 0 Å². The summed E-state index contributed by atoms with van der Waals surface area (Å²) in [7, 11) is 0. The minimum atomic E-state index is 0.296. The van der Waals surface area contributed by atoms with Gasteiger partial charge in [-0.1, -0.05) is 18.2 Å². The van der Waals surface area contributed by atoms with Gasteiger partial charge in [-0.15, -0.1) is 0 Å². The molecule has 0 fully saturated rings. The van der Waals surface area contributed by atoms with E-state index in [1.165, 1.54) is 5.56 Å². The summed E-state index contributed by atoms with van der Waals surface area (Å²) in [5.74, 6) is 1.85. The van der Waals surface area contributed by atoms with Crippen LogP contribution in [-0.2, 0) is 0 Å². The molecule has 21 heavy (non-hydrogen) atoms. The number of hydrogen-bond acceptors (Lipinski definition) is 4. The summed E-state index contributed by atoms with van der Waals surface area (Å²) >= 11 is 0. The average molecular weight is 280 g/mol. The first kappa shape index (κ1) is 13.3. The summed E-state index contributed by atoms with van der Waals surface area (Å²) in [6.45, 7) is 1.25. The van der Waals surface area contributed by atoms with E-state index in [0.717, 1.165) is 12.2 Å². The van der Waals surface area contributed by atoms with Crippen molar-refractivity contribution in [3.63, 3.8) is 0 Å². The zero-order valence-electron chi connectivity index (χ0n) is 11.6. The highest BCUT2D eigenvalue weighted by Crippen LogP contribution is 2.34. The fourth-order valence-electron chi connectivity index (χ4n) is 2.53. The molecule has 2 N–H and O–H groups in total. The second-order valence-electron chi connectivity index (χ2n) is 5.05. The summed E-state index contributed by atoms with van der Waals surface area (Å²) < 4.78 is 11.5. The van der Waals surface area contributed by atoms with E-state index >= 15 is 0 Å². The third-order valence-electron chi connectivity index (χ3n) is 3.66. The molecule has 0 saturated heterocycles. The van der Waals surface area contributed by atoms with Crippen molar-refractivity contribution in [2.75, 3.05) is 18.9 Å². The molecule has 3 rings (SSSR count). The van der Waals surface area contributed by atoms with E-state index in [1.807, 2.05) is 18.2 Å². The highest BCUT2D eigenvalue weighted by atomic mass is 16.5. The Bertz CT molecular complexity index is 691. The number of anilines is 1. The fourth-order valence-corrected chi connectivity index (χ4v) is 2.53. The van der Waals surface area contributed by atoms with Gasteiger partial charge in [0.2, 0.25) is 0 Å².